The van der Waals surface area contributed by atoms with Crippen molar-refractivity contribution >= 4 is 21.6 Å². The molecule has 1 aromatic heterocycles. The topological polar surface area (TPSA) is 55.2 Å². The Balaban J connectivity index is 2.34. The van der Waals surface area contributed by atoms with E-state index in [1.807, 2.05) is 6.92 Å². The number of halogens is 1. The number of hydrogen-bond acceptors (Lipinski definition) is 3. The Morgan fingerprint density at radius 3 is 2.61 bits per heavy atom. The molecule has 2 atom stereocenters. The molecule has 102 valence electrons. The van der Waals surface area contributed by atoms with Crippen LogP contribution in [-0.4, -0.2) is 34.9 Å². The molecular weight excluding hydrogens is 274 g/mol. The van der Waals surface area contributed by atoms with E-state index in [-0.39, 0.29) is 16.2 Å². The molecule has 2 unspecified atom stereocenters. The number of piperidine rings is 1. The molecule has 0 radical (unpaired) electrons. The van der Waals surface area contributed by atoms with Crippen molar-refractivity contribution in [2.24, 2.45) is 13.0 Å². The Bertz CT molecular complexity index is 540. The van der Waals surface area contributed by atoms with E-state index in [2.05, 4.69) is 11.9 Å². The Morgan fingerprint density at radius 2 is 2.11 bits per heavy atom. The summed E-state index contributed by atoms with van der Waals surface area (Å²) in [5.41, 5.74) is 0. The fraction of sp³-hybridized carbons (Fsp3) is 0.727. The van der Waals surface area contributed by atoms with Crippen LogP contribution in [0.1, 0.15) is 26.7 Å². The van der Waals surface area contributed by atoms with Crippen LogP contribution in [0.25, 0.3) is 0 Å². The van der Waals surface area contributed by atoms with Crippen molar-refractivity contribution in [2.45, 2.75) is 37.8 Å². The summed E-state index contributed by atoms with van der Waals surface area (Å²) in [6, 6.07) is -0.00294. The summed E-state index contributed by atoms with van der Waals surface area (Å²) in [7, 11) is -1.90. The molecule has 1 aliphatic rings. The van der Waals surface area contributed by atoms with Gasteiger partial charge in [0.15, 0.2) is 0 Å². The molecule has 2 rings (SSSR count). The summed E-state index contributed by atoms with van der Waals surface area (Å²) in [6.07, 6.45) is 3.18. The van der Waals surface area contributed by atoms with E-state index in [1.165, 1.54) is 15.2 Å². The van der Waals surface area contributed by atoms with Gasteiger partial charge in [-0.2, -0.15) is 4.31 Å². The van der Waals surface area contributed by atoms with Crippen LogP contribution in [-0.2, 0) is 17.1 Å². The molecule has 0 aliphatic carbocycles. The highest BCUT2D eigenvalue weighted by molar-refractivity contribution is 7.89. The molecule has 0 bridgehead atoms. The molecule has 18 heavy (non-hydrogen) atoms. The van der Waals surface area contributed by atoms with Gasteiger partial charge < -0.3 is 4.57 Å². The van der Waals surface area contributed by atoms with Gasteiger partial charge in [0, 0.05) is 19.6 Å². The summed E-state index contributed by atoms with van der Waals surface area (Å²) in [4.78, 5) is 3.92. The first-order valence-corrected chi connectivity index (χ1v) is 7.84. The summed E-state index contributed by atoms with van der Waals surface area (Å²) in [5, 5.41) is 0.133. The second-order valence-corrected chi connectivity index (χ2v) is 7.21. The minimum Gasteiger partial charge on any atom is -0.324 e. The molecule has 0 amide bonds. The van der Waals surface area contributed by atoms with Crippen LogP contribution in [0.3, 0.4) is 0 Å². The maximum absolute atomic E-state index is 12.5. The lowest BCUT2D eigenvalue weighted by molar-refractivity contribution is 0.219. The van der Waals surface area contributed by atoms with Crippen molar-refractivity contribution in [1.82, 2.24) is 13.9 Å². The predicted octanol–water partition coefficient (Wildman–Crippen LogP) is 1.88. The number of aryl methyl sites for hydroxylation is 1. The highest BCUT2D eigenvalue weighted by atomic mass is 35.5. The van der Waals surface area contributed by atoms with Gasteiger partial charge in [0.1, 0.15) is 5.15 Å². The summed E-state index contributed by atoms with van der Waals surface area (Å²) in [5.74, 6) is 0.561. The van der Waals surface area contributed by atoms with E-state index in [1.54, 1.807) is 7.05 Å². The fourth-order valence-electron chi connectivity index (χ4n) is 2.42. The zero-order valence-electron chi connectivity index (χ0n) is 10.8. The van der Waals surface area contributed by atoms with E-state index in [9.17, 15) is 8.42 Å². The molecule has 1 aliphatic heterocycles. The summed E-state index contributed by atoms with van der Waals surface area (Å²) >= 11 is 5.98. The van der Waals surface area contributed by atoms with Crippen molar-refractivity contribution in [1.29, 1.82) is 0 Å². The fourth-order valence-corrected chi connectivity index (χ4v) is 4.47. The van der Waals surface area contributed by atoms with Crippen LogP contribution in [0, 0.1) is 5.92 Å². The molecule has 1 aromatic rings. The van der Waals surface area contributed by atoms with Crippen molar-refractivity contribution < 1.29 is 8.42 Å². The third kappa shape index (κ3) is 2.29. The molecule has 1 saturated heterocycles. The number of nitrogens with zero attached hydrogens (tertiary/aromatic N) is 3. The van der Waals surface area contributed by atoms with Crippen molar-refractivity contribution in [3.05, 3.63) is 11.5 Å². The van der Waals surface area contributed by atoms with Gasteiger partial charge in [0.05, 0.1) is 6.33 Å². The van der Waals surface area contributed by atoms with Crippen LogP contribution in [0.5, 0.6) is 0 Å². The third-order valence-electron chi connectivity index (χ3n) is 3.46. The SMILES string of the molecule is CC1CCN(S(=O)(=O)c2ncn(C)c2Cl)C(C)C1. The lowest BCUT2D eigenvalue weighted by Gasteiger charge is -2.34. The molecule has 5 nitrogen and oxygen atoms in total. The molecule has 0 saturated carbocycles. The van der Waals surface area contributed by atoms with E-state index >= 15 is 0 Å². The molecule has 1 fully saturated rings. The Morgan fingerprint density at radius 1 is 1.44 bits per heavy atom. The summed E-state index contributed by atoms with van der Waals surface area (Å²) in [6.45, 7) is 4.62. The molecule has 2 heterocycles. The lowest BCUT2D eigenvalue weighted by Crippen LogP contribution is -2.44. The van der Waals surface area contributed by atoms with Gasteiger partial charge in [0.25, 0.3) is 10.0 Å². The number of imidazole rings is 1. The lowest BCUT2D eigenvalue weighted by atomic mass is 9.95. The van der Waals surface area contributed by atoms with Crippen LogP contribution >= 0.6 is 11.6 Å². The number of sulfonamides is 1. The van der Waals surface area contributed by atoms with Gasteiger partial charge in [0.2, 0.25) is 5.03 Å². The van der Waals surface area contributed by atoms with Gasteiger partial charge in [-0.1, -0.05) is 18.5 Å². The van der Waals surface area contributed by atoms with E-state index in [0.717, 1.165) is 12.8 Å². The minimum absolute atomic E-state index is 0.00294. The predicted molar refractivity (Wildman–Crippen MR) is 70.0 cm³/mol. The van der Waals surface area contributed by atoms with E-state index in [0.29, 0.717) is 12.5 Å². The first-order valence-electron chi connectivity index (χ1n) is 6.02. The highest BCUT2D eigenvalue weighted by Crippen LogP contribution is 2.30. The van der Waals surface area contributed by atoms with Gasteiger partial charge >= 0.3 is 0 Å². The number of rotatable bonds is 2. The average molecular weight is 292 g/mol. The average Bonchev–Trinajstić information content (AvgIpc) is 2.59. The Labute approximate surface area is 113 Å². The first-order chi connectivity index (χ1) is 8.34. The third-order valence-corrected chi connectivity index (χ3v) is 5.97. The second-order valence-electron chi connectivity index (χ2n) is 5.05. The van der Waals surface area contributed by atoms with Crippen LogP contribution in [0.2, 0.25) is 5.15 Å². The Hall–Kier alpha value is -0.590. The van der Waals surface area contributed by atoms with Crippen LogP contribution in [0.4, 0.5) is 0 Å². The first kappa shape index (κ1) is 13.8. The highest BCUT2D eigenvalue weighted by Gasteiger charge is 2.36. The van der Waals surface area contributed by atoms with Gasteiger partial charge in [-0.25, -0.2) is 13.4 Å². The molecule has 0 aromatic carbocycles. The van der Waals surface area contributed by atoms with Crippen LogP contribution in [0.15, 0.2) is 11.4 Å². The van der Waals surface area contributed by atoms with Gasteiger partial charge in [-0.15, -0.1) is 0 Å². The van der Waals surface area contributed by atoms with E-state index < -0.39 is 10.0 Å². The molecular formula is C11H18ClN3O2S. The van der Waals surface area contributed by atoms with Crippen molar-refractivity contribution in [3.63, 3.8) is 0 Å². The van der Waals surface area contributed by atoms with Crippen molar-refractivity contribution in [3.8, 4) is 0 Å². The maximum Gasteiger partial charge on any atom is 0.263 e. The standard InChI is InChI=1S/C11H18ClN3O2S/c1-8-4-5-15(9(2)6-8)18(16,17)11-10(12)14(3)7-13-11/h7-9H,4-6H2,1-3H3. The number of aromatic nitrogens is 2. The smallest absolute Gasteiger partial charge is 0.263 e. The zero-order valence-corrected chi connectivity index (χ0v) is 12.4. The normalized spacial score (nSPS) is 26.4. The summed E-state index contributed by atoms with van der Waals surface area (Å²) < 4.78 is 28.0. The zero-order chi connectivity index (χ0) is 13.5. The largest absolute Gasteiger partial charge is 0.324 e. The second kappa shape index (κ2) is 4.83. The number of hydrogen-bond donors (Lipinski definition) is 0. The quantitative estimate of drug-likeness (QED) is 0.836. The Kier molecular flexibility index (Phi) is 3.71. The van der Waals surface area contributed by atoms with Gasteiger partial charge in [-0.05, 0) is 25.7 Å². The van der Waals surface area contributed by atoms with Gasteiger partial charge in [-0.3, -0.25) is 0 Å². The minimum atomic E-state index is -3.58. The van der Waals surface area contributed by atoms with Crippen LogP contribution < -0.4 is 0 Å². The molecule has 7 heteroatoms. The monoisotopic (exact) mass is 291 g/mol. The van der Waals surface area contributed by atoms with Crippen molar-refractivity contribution in [2.75, 3.05) is 6.54 Å². The molecule has 0 N–H and O–H groups in total. The van der Waals surface area contributed by atoms with E-state index in [4.69, 9.17) is 11.6 Å². The molecule has 0 spiro atoms. The maximum atomic E-state index is 12.5.